The van der Waals surface area contributed by atoms with E-state index in [1.807, 2.05) is 32.4 Å². The fraction of sp³-hybridized carbons (Fsp3) is 0.444. The highest BCUT2D eigenvalue weighted by Crippen LogP contribution is 2.22. The van der Waals surface area contributed by atoms with Crippen molar-refractivity contribution in [2.45, 2.75) is 51.7 Å². The van der Waals surface area contributed by atoms with Crippen LogP contribution in [0, 0.1) is 5.82 Å². The first kappa shape index (κ1) is 20.0. The molecule has 4 nitrogen and oxygen atoms in total. The summed E-state index contributed by atoms with van der Waals surface area (Å²) in [6.07, 6.45) is 4.16. The largest absolute Gasteiger partial charge is 0.237 e. The molecule has 2 rings (SSSR count). The second-order valence-corrected chi connectivity index (χ2v) is 9.63. The van der Waals surface area contributed by atoms with Crippen molar-refractivity contribution in [2.75, 3.05) is 0 Å². The van der Waals surface area contributed by atoms with Crippen molar-refractivity contribution >= 4 is 32.6 Å². The van der Waals surface area contributed by atoms with Crippen LogP contribution in [0.15, 0.2) is 39.3 Å². The highest BCUT2D eigenvalue weighted by molar-refractivity contribution is 9.10. The lowest BCUT2D eigenvalue weighted by molar-refractivity contribution is 0.626. The van der Waals surface area contributed by atoms with Crippen LogP contribution in [-0.2, 0) is 17.4 Å². The number of rotatable bonds is 6. The fourth-order valence-corrected chi connectivity index (χ4v) is 3.33. The minimum Gasteiger partial charge on any atom is -0.237 e. The summed E-state index contributed by atoms with van der Waals surface area (Å²) >= 11 is 3.53. The van der Waals surface area contributed by atoms with Gasteiger partial charge in [-0.1, -0.05) is 0 Å². The van der Waals surface area contributed by atoms with Crippen molar-refractivity contribution in [3.63, 3.8) is 0 Å². The maximum Gasteiger partial charge on any atom is 0.144 e. The molecule has 1 aromatic heterocycles. The van der Waals surface area contributed by atoms with Gasteiger partial charge in [-0.15, -0.1) is 0 Å². The normalized spacial score (nSPS) is 13.9. The molecule has 0 bridgehead atoms. The van der Waals surface area contributed by atoms with Gasteiger partial charge in [0.05, 0.1) is 26.8 Å². The van der Waals surface area contributed by atoms with E-state index in [1.165, 1.54) is 12.1 Å². The summed E-state index contributed by atoms with van der Waals surface area (Å²) in [6.45, 7) is 7.66. The molecule has 136 valence electrons. The molecule has 2 aromatic rings. The Morgan fingerprint density at radius 2 is 1.96 bits per heavy atom. The van der Waals surface area contributed by atoms with E-state index in [-0.39, 0.29) is 10.6 Å². The Bertz CT molecular complexity index is 779. The molecule has 0 saturated heterocycles. The zero-order chi connectivity index (χ0) is 18.6. The summed E-state index contributed by atoms with van der Waals surface area (Å²) in [6, 6.07) is 6.26. The Hall–Kier alpha value is -1.34. The van der Waals surface area contributed by atoms with E-state index in [1.54, 1.807) is 18.3 Å². The van der Waals surface area contributed by atoms with Gasteiger partial charge in [0.15, 0.2) is 0 Å². The number of hydrogen-bond donors (Lipinski definition) is 0. The molecule has 0 aliphatic rings. The van der Waals surface area contributed by atoms with Crippen LogP contribution in [0.3, 0.4) is 0 Å². The van der Waals surface area contributed by atoms with Crippen molar-refractivity contribution in [3.05, 3.63) is 46.4 Å². The first-order chi connectivity index (χ1) is 11.7. The Morgan fingerprint density at radius 1 is 1.32 bits per heavy atom. The van der Waals surface area contributed by atoms with Crippen molar-refractivity contribution in [3.8, 4) is 5.69 Å². The smallest absolute Gasteiger partial charge is 0.144 e. The first-order valence-electron chi connectivity index (χ1n) is 8.13. The van der Waals surface area contributed by atoms with Crippen LogP contribution in [0.5, 0.6) is 0 Å². The predicted octanol–water partition coefficient (Wildman–Crippen LogP) is 5.02. The number of halogens is 2. The number of benzene rings is 1. The van der Waals surface area contributed by atoms with Gasteiger partial charge >= 0.3 is 0 Å². The zero-order valence-corrected chi connectivity index (χ0v) is 17.3. The molecule has 0 amide bonds. The molecule has 0 unspecified atom stereocenters. The third-order valence-electron chi connectivity index (χ3n) is 3.60. The molecule has 1 atom stereocenters. The van der Waals surface area contributed by atoms with E-state index in [4.69, 9.17) is 0 Å². The zero-order valence-electron chi connectivity index (χ0n) is 14.9. The third-order valence-corrected chi connectivity index (χ3v) is 5.79. The molecule has 1 heterocycles. The molecule has 0 fully saturated rings. The molecule has 0 spiro atoms. The lowest BCUT2D eigenvalue weighted by Crippen LogP contribution is -2.20. The van der Waals surface area contributed by atoms with Gasteiger partial charge in [0.2, 0.25) is 0 Å². The fourth-order valence-electron chi connectivity index (χ4n) is 2.22. The summed E-state index contributed by atoms with van der Waals surface area (Å²) in [5.41, 5.74) is 2.73. The summed E-state index contributed by atoms with van der Waals surface area (Å²) in [5.74, 6) is -0.268. The van der Waals surface area contributed by atoms with Crippen LogP contribution in [0.1, 0.15) is 46.2 Å². The highest BCUT2D eigenvalue weighted by Gasteiger charge is 2.19. The molecule has 0 aliphatic heterocycles. The van der Waals surface area contributed by atoms with Gasteiger partial charge in [0.25, 0.3) is 0 Å². The highest BCUT2D eigenvalue weighted by atomic mass is 79.9. The predicted molar refractivity (Wildman–Crippen MR) is 105 cm³/mol. The van der Waals surface area contributed by atoms with Gasteiger partial charge in [0, 0.05) is 5.71 Å². The SMILES string of the molecule is C/C(CCCc1c(Br)cnn1-c1ccc(F)cc1)=N\[S@](=O)C(C)(C)C. The van der Waals surface area contributed by atoms with Crippen molar-refractivity contribution in [1.82, 2.24) is 9.78 Å². The quantitative estimate of drug-likeness (QED) is 0.607. The lowest BCUT2D eigenvalue weighted by Gasteiger charge is -2.14. The maximum atomic E-state index is 13.1. The average Bonchev–Trinajstić information content (AvgIpc) is 2.88. The van der Waals surface area contributed by atoms with E-state index in [2.05, 4.69) is 25.4 Å². The van der Waals surface area contributed by atoms with Crippen LogP contribution in [0.4, 0.5) is 4.39 Å². The Balaban J connectivity index is 2.04. The average molecular weight is 428 g/mol. The van der Waals surface area contributed by atoms with E-state index in [0.29, 0.717) is 0 Å². The van der Waals surface area contributed by atoms with Crippen LogP contribution in [0.25, 0.3) is 5.69 Å². The van der Waals surface area contributed by atoms with Gasteiger partial charge in [0.1, 0.15) is 16.8 Å². The number of nitrogens with zero attached hydrogens (tertiary/aromatic N) is 3. The molecule has 25 heavy (non-hydrogen) atoms. The molecule has 7 heteroatoms. The molecule has 0 N–H and O–H groups in total. The van der Waals surface area contributed by atoms with Crippen LogP contribution in [-0.4, -0.2) is 24.4 Å². The second kappa shape index (κ2) is 8.36. The summed E-state index contributed by atoms with van der Waals surface area (Å²) < 4.78 is 31.9. The van der Waals surface area contributed by atoms with Crippen molar-refractivity contribution in [2.24, 2.45) is 4.40 Å². The third kappa shape index (κ3) is 5.57. The first-order valence-corrected chi connectivity index (χ1v) is 10.0. The molecule has 1 aromatic carbocycles. The lowest BCUT2D eigenvalue weighted by atomic mass is 10.1. The minimum atomic E-state index is -1.22. The minimum absolute atomic E-state index is 0.268. The maximum absolute atomic E-state index is 13.1. The molecule has 0 saturated carbocycles. The topological polar surface area (TPSA) is 47.2 Å². The van der Waals surface area contributed by atoms with Gasteiger partial charge in [-0.3, -0.25) is 0 Å². The van der Waals surface area contributed by atoms with Gasteiger partial charge < -0.3 is 0 Å². The van der Waals surface area contributed by atoms with Crippen LogP contribution in [0.2, 0.25) is 0 Å². The molecular weight excluding hydrogens is 405 g/mol. The van der Waals surface area contributed by atoms with Gasteiger partial charge in [-0.05, 0) is 87.2 Å². The summed E-state index contributed by atoms with van der Waals surface area (Å²) in [7, 11) is -1.22. The standard InChI is InChI=1S/C18H23BrFN3OS/c1-13(22-25(24)18(2,3)4)6-5-7-17-16(19)12-21-23(17)15-10-8-14(20)9-11-15/h8-12H,5-7H2,1-4H3/b22-13+/t25-/m1/s1. The van der Waals surface area contributed by atoms with Gasteiger partial charge in [-0.2, -0.15) is 9.50 Å². The van der Waals surface area contributed by atoms with E-state index in [9.17, 15) is 8.60 Å². The van der Waals surface area contributed by atoms with Crippen molar-refractivity contribution < 1.29 is 8.60 Å². The monoisotopic (exact) mass is 427 g/mol. The second-order valence-electron chi connectivity index (χ2n) is 6.87. The van der Waals surface area contributed by atoms with Crippen molar-refractivity contribution in [1.29, 1.82) is 0 Å². The molecule has 0 radical (unpaired) electrons. The summed E-state index contributed by atoms with van der Waals surface area (Å²) in [4.78, 5) is 0. The Labute approximate surface area is 159 Å². The Morgan fingerprint density at radius 3 is 2.56 bits per heavy atom. The summed E-state index contributed by atoms with van der Waals surface area (Å²) in [5, 5.41) is 4.36. The van der Waals surface area contributed by atoms with E-state index >= 15 is 0 Å². The van der Waals surface area contributed by atoms with Gasteiger partial charge in [-0.25, -0.2) is 13.3 Å². The Kier molecular flexibility index (Phi) is 6.68. The van der Waals surface area contributed by atoms with Crippen LogP contribution >= 0.6 is 15.9 Å². The molecule has 0 aliphatic carbocycles. The number of hydrogen-bond acceptors (Lipinski definition) is 2. The van der Waals surface area contributed by atoms with E-state index in [0.717, 1.165) is 40.8 Å². The molecular formula is C18H23BrFN3OS. The van der Waals surface area contributed by atoms with E-state index < -0.39 is 11.0 Å². The number of aromatic nitrogens is 2. The van der Waals surface area contributed by atoms with Crippen LogP contribution < -0.4 is 0 Å².